The summed E-state index contributed by atoms with van der Waals surface area (Å²) in [6.07, 6.45) is 5.80. The Bertz CT molecular complexity index is 277. The van der Waals surface area contributed by atoms with Crippen molar-refractivity contribution in [1.82, 2.24) is 0 Å². The van der Waals surface area contributed by atoms with Gasteiger partial charge in [-0.3, -0.25) is 0 Å². The molecule has 1 heterocycles. The molecule has 0 spiro atoms. The summed E-state index contributed by atoms with van der Waals surface area (Å²) < 4.78 is 4.85. The number of furan rings is 1. The Morgan fingerprint density at radius 3 is 3.09 bits per heavy atom. The van der Waals surface area contributed by atoms with Gasteiger partial charge in [-0.2, -0.15) is 5.26 Å². The van der Waals surface area contributed by atoms with Crippen LogP contribution in [0.2, 0.25) is 0 Å². The largest absolute Gasteiger partial charge is 0.472 e. The third kappa shape index (κ3) is 1.98. The van der Waals surface area contributed by atoms with Crippen LogP contribution >= 0.6 is 0 Å². The van der Waals surface area contributed by atoms with Gasteiger partial charge >= 0.3 is 0 Å². The summed E-state index contributed by atoms with van der Waals surface area (Å²) in [6.45, 7) is 1.95. The van der Waals surface area contributed by atoms with Crippen LogP contribution < -0.4 is 0 Å². The second-order valence-electron chi connectivity index (χ2n) is 2.19. The monoisotopic (exact) mass is 147 g/mol. The average molecular weight is 147 g/mol. The van der Waals surface area contributed by atoms with Crippen molar-refractivity contribution in [2.45, 2.75) is 13.3 Å². The van der Waals surface area contributed by atoms with Crippen molar-refractivity contribution in [3.63, 3.8) is 0 Å². The lowest BCUT2D eigenvalue weighted by Crippen LogP contribution is -1.73. The molecule has 56 valence electrons. The molecule has 1 rings (SSSR count). The molecule has 0 atom stereocenters. The Labute approximate surface area is 65.8 Å². The summed E-state index contributed by atoms with van der Waals surface area (Å²) in [5, 5.41) is 8.58. The van der Waals surface area contributed by atoms with Crippen LogP contribution in [0.1, 0.15) is 18.9 Å². The molecule has 2 nitrogen and oxygen atoms in total. The van der Waals surface area contributed by atoms with E-state index in [-0.39, 0.29) is 0 Å². The minimum absolute atomic E-state index is 0.766. The smallest absolute Gasteiger partial charge is 0.0975 e. The topological polar surface area (TPSA) is 36.9 Å². The minimum Gasteiger partial charge on any atom is -0.472 e. The van der Waals surface area contributed by atoms with Gasteiger partial charge in [0.1, 0.15) is 0 Å². The van der Waals surface area contributed by atoms with Gasteiger partial charge in [-0.05, 0) is 18.6 Å². The lowest BCUT2D eigenvalue weighted by Gasteiger charge is -1.87. The predicted octanol–water partition coefficient (Wildman–Crippen LogP) is 2.60. The fourth-order valence-corrected chi connectivity index (χ4v) is 0.772. The average Bonchev–Trinajstić information content (AvgIpc) is 2.52. The Morgan fingerprint density at radius 1 is 1.82 bits per heavy atom. The second-order valence-corrected chi connectivity index (χ2v) is 2.19. The van der Waals surface area contributed by atoms with E-state index in [0.717, 1.165) is 17.6 Å². The third-order valence-corrected chi connectivity index (χ3v) is 1.41. The van der Waals surface area contributed by atoms with Crippen molar-refractivity contribution < 1.29 is 4.42 Å². The summed E-state index contributed by atoms with van der Waals surface area (Å²) in [5.41, 5.74) is 1.72. The van der Waals surface area contributed by atoms with Gasteiger partial charge in [0.25, 0.3) is 0 Å². The highest BCUT2D eigenvalue weighted by atomic mass is 16.3. The van der Waals surface area contributed by atoms with Crippen LogP contribution in [-0.4, -0.2) is 0 Å². The molecule has 0 N–H and O–H groups in total. The molecule has 11 heavy (non-hydrogen) atoms. The number of nitriles is 1. The van der Waals surface area contributed by atoms with E-state index in [1.807, 2.05) is 19.1 Å². The van der Waals surface area contributed by atoms with Crippen molar-refractivity contribution in [2.24, 2.45) is 0 Å². The molecule has 0 aromatic carbocycles. The maximum Gasteiger partial charge on any atom is 0.0975 e. The highest BCUT2D eigenvalue weighted by Crippen LogP contribution is 2.08. The Morgan fingerprint density at radius 2 is 2.64 bits per heavy atom. The molecule has 0 aliphatic rings. The zero-order chi connectivity index (χ0) is 8.10. The highest BCUT2D eigenvalue weighted by Gasteiger charge is 1.92. The third-order valence-electron chi connectivity index (χ3n) is 1.41. The van der Waals surface area contributed by atoms with E-state index >= 15 is 0 Å². The van der Waals surface area contributed by atoms with Crippen LogP contribution in [-0.2, 0) is 0 Å². The van der Waals surface area contributed by atoms with Crippen molar-refractivity contribution in [3.05, 3.63) is 29.7 Å². The molecule has 0 amide bonds. The Balaban J connectivity index is 2.81. The van der Waals surface area contributed by atoms with E-state index in [0.29, 0.717) is 0 Å². The molecule has 0 unspecified atom stereocenters. The van der Waals surface area contributed by atoms with Crippen molar-refractivity contribution in [2.75, 3.05) is 0 Å². The fraction of sp³-hybridized carbons (Fsp3) is 0.222. The molecular weight excluding hydrogens is 138 g/mol. The van der Waals surface area contributed by atoms with Crippen LogP contribution in [0, 0.1) is 11.3 Å². The first kappa shape index (κ1) is 7.62. The van der Waals surface area contributed by atoms with Crippen molar-refractivity contribution >= 4 is 6.08 Å². The molecule has 0 saturated carbocycles. The summed E-state index contributed by atoms with van der Waals surface area (Å²) in [4.78, 5) is 0. The number of rotatable bonds is 2. The first-order valence-corrected chi connectivity index (χ1v) is 3.49. The molecule has 0 aliphatic carbocycles. The first-order chi connectivity index (χ1) is 5.36. The van der Waals surface area contributed by atoms with E-state index in [1.54, 1.807) is 12.5 Å². The van der Waals surface area contributed by atoms with Gasteiger partial charge in [0.15, 0.2) is 0 Å². The zero-order valence-electron chi connectivity index (χ0n) is 6.37. The number of hydrogen-bond donors (Lipinski definition) is 0. The molecule has 0 bridgehead atoms. The standard InChI is InChI=1S/C9H9NO/c1-2-8(6-10)5-9-3-4-11-7-9/h3-5,7H,2H2,1H3/b8-5+. The van der Waals surface area contributed by atoms with E-state index < -0.39 is 0 Å². The van der Waals surface area contributed by atoms with Crippen LogP contribution in [0.25, 0.3) is 6.08 Å². The second kappa shape index (κ2) is 3.62. The minimum atomic E-state index is 0.766. The lowest BCUT2D eigenvalue weighted by atomic mass is 10.1. The SMILES string of the molecule is CC/C(C#N)=C\c1ccoc1. The Kier molecular flexibility index (Phi) is 2.51. The normalized spacial score (nSPS) is 11.1. The van der Waals surface area contributed by atoms with E-state index in [4.69, 9.17) is 9.68 Å². The summed E-state index contributed by atoms with van der Waals surface area (Å²) in [7, 11) is 0. The molecular formula is C9H9NO. The number of hydrogen-bond acceptors (Lipinski definition) is 2. The lowest BCUT2D eigenvalue weighted by molar-refractivity contribution is 0.567. The molecule has 0 radical (unpaired) electrons. The van der Waals surface area contributed by atoms with Gasteiger partial charge < -0.3 is 4.42 Å². The van der Waals surface area contributed by atoms with Crippen LogP contribution in [0.4, 0.5) is 0 Å². The van der Waals surface area contributed by atoms with Gasteiger partial charge in [-0.15, -0.1) is 0 Å². The number of allylic oxidation sites excluding steroid dienone is 1. The molecule has 1 aromatic rings. The molecule has 1 aromatic heterocycles. The van der Waals surface area contributed by atoms with Crippen molar-refractivity contribution in [3.8, 4) is 6.07 Å². The molecule has 2 heteroatoms. The van der Waals surface area contributed by atoms with E-state index in [9.17, 15) is 0 Å². The van der Waals surface area contributed by atoms with Crippen LogP contribution in [0.15, 0.2) is 28.6 Å². The van der Waals surface area contributed by atoms with E-state index in [1.165, 1.54) is 0 Å². The highest BCUT2D eigenvalue weighted by molar-refractivity contribution is 5.55. The predicted molar refractivity (Wildman–Crippen MR) is 42.6 cm³/mol. The summed E-state index contributed by atoms with van der Waals surface area (Å²) >= 11 is 0. The van der Waals surface area contributed by atoms with Crippen LogP contribution in [0.3, 0.4) is 0 Å². The maximum atomic E-state index is 8.58. The van der Waals surface area contributed by atoms with Gasteiger partial charge in [0.05, 0.1) is 18.6 Å². The van der Waals surface area contributed by atoms with Gasteiger partial charge in [-0.25, -0.2) is 0 Å². The molecule has 0 saturated heterocycles. The maximum absolute atomic E-state index is 8.58. The quantitative estimate of drug-likeness (QED) is 0.603. The summed E-state index contributed by atoms with van der Waals surface area (Å²) in [6, 6.07) is 3.94. The van der Waals surface area contributed by atoms with E-state index in [2.05, 4.69) is 6.07 Å². The van der Waals surface area contributed by atoms with Gasteiger partial charge in [-0.1, -0.05) is 6.92 Å². The molecule has 0 aliphatic heterocycles. The van der Waals surface area contributed by atoms with Gasteiger partial charge in [0.2, 0.25) is 0 Å². The fourth-order valence-electron chi connectivity index (χ4n) is 0.772. The molecule has 0 fully saturated rings. The van der Waals surface area contributed by atoms with Crippen molar-refractivity contribution in [1.29, 1.82) is 5.26 Å². The van der Waals surface area contributed by atoms with Crippen LogP contribution in [0.5, 0.6) is 0 Å². The Hall–Kier alpha value is -1.49. The summed E-state index contributed by atoms with van der Waals surface area (Å²) in [5.74, 6) is 0. The van der Waals surface area contributed by atoms with Gasteiger partial charge in [0, 0.05) is 11.1 Å². The zero-order valence-corrected chi connectivity index (χ0v) is 6.37. The number of nitrogens with zero attached hydrogens (tertiary/aromatic N) is 1. The first-order valence-electron chi connectivity index (χ1n) is 3.49.